The van der Waals surface area contributed by atoms with E-state index in [4.69, 9.17) is 4.74 Å². The van der Waals surface area contributed by atoms with Crippen LogP contribution in [-0.4, -0.2) is 30.1 Å². The summed E-state index contributed by atoms with van der Waals surface area (Å²) in [6, 6.07) is 3.74. The van der Waals surface area contributed by atoms with E-state index in [0.29, 0.717) is 12.3 Å². The zero-order valence-corrected chi connectivity index (χ0v) is 7.95. The third-order valence-corrected chi connectivity index (χ3v) is 2.34. The summed E-state index contributed by atoms with van der Waals surface area (Å²) in [6.07, 6.45) is 3.77. The van der Waals surface area contributed by atoms with E-state index in [0.717, 1.165) is 19.4 Å². The number of aromatic nitrogens is 1. The fourth-order valence-electron chi connectivity index (χ4n) is 1.59. The number of ether oxygens (including phenoxy) is 1. The van der Waals surface area contributed by atoms with Gasteiger partial charge in [0, 0.05) is 12.8 Å². The van der Waals surface area contributed by atoms with E-state index in [1.54, 1.807) is 12.3 Å². The number of carbonyl (C=O) groups excluding carboxylic acids is 1. The molecule has 2 N–H and O–H groups in total. The largest absolute Gasteiger partial charge is 0.379 e. The highest BCUT2D eigenvalue weighted by Crippen LogP contribution is 2.06. The van der Waals surface area contributed by atoms with Crippen LogP contribution < -0.4 is 5.32 Å². The molecule has 0 unspecified atom stereocenters. The molecule has 0 bridgehead atoms. The summed E-state index contributed by atoms with van der Waals surface area (Å²) in [6.45, 7) is 1.45. The average molecular weight is 194 g/mol. The summed E-state index contributed by atoms with van der Waals surface area (Å²) >= 11 is 0. The molecule has 0 aromatic carbocycles. The topological polar surface area (TPSA) is 54.1 Å². The highest BCUT2D eigenvalue weighted by molar-refractivity contribution is 5.92. The van der Waals surface area contributed by atoms with E-state index >= 15 is 0 Å². The molecule has 1 aromatic rings. The van der Waals surface area contributed by atoms with E-state index in [2.05, 4.69) is 10.3 Å². The van der Waals surface area contributed by atoms with Crippen LogP contribution >= 0.6 is 0 Å². The predicted octanol–water partition coefficient (Wildman–Crippen LogP) is 0.923. The molecule has 4 heteroatoms. The van der Waals surface area contributed by atoms with Crippen LogP contribution in [0.4, 0.5) is 0 Å². The van der Waals surface area contributed by atoms with E-state index in [-0.39, 0.29) is 11.9 Å². The fourth-order valence-corrected chi connectivity index (χ4v) is 1.59. The van der Waals surface area contributed by atoms with Crippen molar-refractivity contribution in [3.05, 3.63) is 24.0 Å². The van der Waals surface area contributed by atoms with Gasteiger partial charge in [-0.05, 0) is 25.0 Å². The lowest BCUT2D eigenvalue weighted by Crippen LogP contribution is -2.40. The van der Waals surface area contributed by atoms with Crippen LogP contribution in [-0.2, 0) is 4.74 Å². The highest BCUT2D eigenvalue weighted by Gasteiger charge is 2.16. The molecule has 1 aliphatic rings. The van der Waals surface area contributed by atoms with E-state index in [9.17, 15) is 4.79 Å². The Kier molecular flexibility index (Phi) is 2.84. The van der Waals surface area contributed by atoms with Gasteiger partial charge < -0.3 is 15.0 Å². The maximum Gasteiger partial charge on any atom is 0.267 e. The first-order valence-corrected chi connectivity index (χ1v) is 4.88. The van der Waals surface area contributed by atoms with Gasteiger partial charge in [-0.3, -0.25) is 4.79 Å². The molecule has 1 atom stereocenters. The number of hydrogen-bond donors (Lipinski definition) is 2. The van der Waals surface area contributed by atoms with Gasteiger partial charge >= 0.3 is 0 Å². The molecule has 14 heavy (non-hydrogen) atoms. The number of nitrogens with one attached hydrogen (secondary N) is 2. The van der Waals surface area contributed by atoms with Gasteiger partial charge in [0.1, 0.15) is 5.69 Å². The normalized spacial score (nSPS) is 21.9. The van der Waals surface area contributed by atoms with Crippen LogP contribution in [0, 0.1) is 0 Å². The zero-order chi connectivity index (χ0) is 9.80. The molecular weight excluding hydrogens is 180 g/mol. The summed E-state index contributed by atoms with van der Waals surface area (Å²) in [7, 11) is 0. The van der Waals surface area contributed by atoms with Gasteiger partial charge in [-0.2, -0.15) is 0 Å². The van der Waals surface area contributed by atoms with Gasteiger partial charge in [0.2, 0.25) is 0 Å². The van der Waals surface area contributed by atoms with E-state index in [1.807, 2.05) is 6.07 Å². The molecule has 1 saturated heterocycles. The van der Waals surface area contributed by atoms with Gasteiger partial charge in [0.15, 0.2) is 0 Å². The monoisotopic (exact) mass is 194 g/mol. The summed E-state index contributed by atoms with van der Waals surface area (Å²) in [5, 5.41) is 2.93. The molecule has 1 fully saturated rings. The minimum atomic E-state index is -0.0505. The second kappa shape index (κ2) is 4.28. The maximum atomic E-state index is 11.6. The van der Waals surface area contributed by atoms with Crippen molar-refractivity contribution in [2.45, 2.75) is 18.9 Å². The molecule has 1 amide bonds. The van der Waals surface area contributed by atoms with Crippen molar-refractivity contribution in [3.63, 3.8) is 0 Å². The maximum absolute atomic E-state index is 11.6. The first-order valence-electron chi connectivity index (χ1n) is 4.88. The number of aromatic amines is 1. The van der Waals surface area contributed by atoms with Crippen molar-refractivity contribution in [2.75, 3.05) is 13.2 Å². The minimum absolute atomic E-state index is 0.0505. The smallest absolute Gasteiger partial charge is 0.267 e. The molecule has 1 aliphatic heterocycles. The molecule has 0 spiro atoms. The average Bonchev–Trinajstić information content (AvgIpc) is 2.72. The van der Waals surface area contributed by atoms with E-state index in [1.165, 1.54) is 0 Å². The van der Waals surface area contributed by atoms with Crippen LogP contribution in [0.1, 0.15) is 23.3 Å². The number of hydrogen-bond acceptors (Lipinski definition) is 2. The third kappa shape index (κ3) is 2.14. The van der Waals surface area contributed by atoms with Crippen LogP contribution in [0.15, 0.2) is 18.3 Å². The summed E-state index contributed by atoms with van der Waals surface area (Å²) < 4.78 is 5.28. The van der Waals surface area contributed by atoms with Gasteiger partial charge in [-0.25, -0.2) is 0 Å². The van der Waals surface area contributed by atoms with Crippen molar-refractivity contribution >= 4 is 5.91 Å². The van der Waals surface area contributed by atoms with Gasteiger partial charge in [0.05, 0.1) is 12.6 Å². The second-order valence-electron chi connectivity index (χ2n) is 3.47. The molecule has 4 nitrogen and oxygen atoms in total. The SMILES string of the molecule is O=C(N[C@H]1CCCOC1)c1ccc[nH]1. The molecular formula is C10H14N2O2. The molecule has 0 radical (unpaired) electrons. The predicted molar refractivity (Wildman–Crippen MR) is 52.1 cm³/mol. The molecule has 0 saturated carbocycles. The minimum Gasteiger partial charge on any atom is -0.379 e. The zero-order valence-electron chi connectivity index (χ0n) is 7.95. The van der Waals surface area contributed by atoms with Crippen molar-refractivity contribution in [1.82, 2.24) is 10.3 Å². The lowest BCUT2D eigenvalue weighted by molar-refractivity contribution is 0.0622. The lowest BCUT2D eigenvalue weighted by atomic mass is 10.1. The quantitative estimate of drug-likeness (QED) is 0.735. The molecule has 76 valence electrons. The summed E-state index contributed by atoms with van der Waals surface area (Å²) in [5.74, 6) is -0.0505. The Morgan fingerprint density at radius 1 is 1.64 bits per heavy atom. The second-order valence-corrected chi connectivity index (χ2v) is 3.47. The highest BCUT2D eigenvalue weighted by atomic mass is 16.5. The summed E-state index contributed by atoms with van der Waals surface area (Å²) in [5.41, 5.74) is 0.607. The fraction of sp³-hybridized carbons (Fsp3) is 0.500. The number of H-pyrrole nitrogens is 1. The Balaban J connectivity index is 1.87. The summed E-state index contributed by atoms with van der Waals surface area (Å²) in [4.78, 5) is 14.4. The van der Waals surface area contributed by atoms with Crippen LogP contribution in [0.3, 0.4) is 0 Å². The number of amides is 1. The standard InChI is InChI=1S/C10H14N2O2/c13-10(9-4-1-5-11-9)12-8-3-2-6-14-7-8/h1,4-5,8,11H,2-3,6-7H2,(H,12,13)/t8-/m0/s1. The Morgan fingerprint density at radius 3 is 3.21 bits per heavy atom. The lowest BCUT2D eigenvalue weighted by Gasteiger charge is -2.22. The van der Waals surface area contributed by atoms with Gasteiger partial charge in [-0.1, -0.05) is 0 Å². The molecule has 1 aromatic heterocycles. The third-order valence-electron chi connectivity index (χ3n) is 2.34. The van der Waals surface area contributed by atoms with Crippen LogP contribution in [0.5, 0.6) is 0 Å². The number of rotatable bonds is 2. The van der Waals surface area contributed by atoms with Gasteiger partial charge in [0.25, 0.3) is 5.91 Å². The van der Waals surface area contributed by atoms with Crippen molar-refractivity contribution in [2.24, 2.45) is 0 Å². The Labute approximate surface area is 82.6 Å². The molecule has 2 rings (SSSR count). The van der Waals surface area contributed by atoms with Crippen molar-refractivity contribution in [1.29, 1.82) is 0 Å². The molecule has 0 aliphatic carbocycles. The van der Waals surface area contributed by atoms with Crippen molar-refractivity contribution in [3.8, 4) is 0 Å². The van der Waals surface area contributed by atoms with Crippen LogP contribution in [0.25, 0.3) is 0 Å². The Hall–Kier alpha value is -1.29. The van der Waals surface area contributed by atoms with Crippen molar-refractivity contribution < 1.29 is 9.53 Å². The first-order chi connectivity index (χ1) is 6.86. The number of carbonyl (C=O) groups is 1. The van der Waals surface area contributed by atoms with E-state index < -0.39 is 0 Å². The Bertz CT molecular complexity index is 289. The first kappa shape index (κ1) is 9.27. The molecule has 2 heterocycles. The Morgan fingerprint density at radius 2 is 2.57 bits per heavy atom. The van der Waals surface area contributed by atoms with Gasteiger partial charge in [-0.15, -0.1) is 0 Å². The van der Waals surface area contributed by atoms with Crippen LogP contribution in [0.2, 0.25) is 0 Å².